The van der Waals surface area contributed by atoms with Gasteiger partial charge in [0.25, 0.3) is 0 Å². The second kappa shape index (κ2) is 3.74. The summed E-state index contributed by atoms with van der Waals surface area (Å²) >= 11 is 0. The van der Waals surface area contributed by atoms with Crippen molar-refractivity contribution in [3.8, 4) is 0 Å². The lowest BCUT2D eigenvalue weighted by atomic mass is 10.2. The molecule has 1 unspecified atom stereocenters. The minimum Gasteiger partial charge on any atom is -0.393 e. The summed E-state index contributed by atoms with van der Waals surface area (Å²) in [6.07, 6.45) is 1.08. The lowest BCUT2D eigenvalue weighted by molar-refractivity contribution is -0.175. The zero-order valence-electron chi connectivity index (χ0n) is 10.4. The van der Waals surface area contributed by atoms with Gasteiger partial charge in [-0.15, -0.1) is 0 Å². The van der Waals surface area contributed by atoms with E-state index in [0.717, 1.165) is 13.0 Å². The topological polar surface area (TPSA) is 18.5 Å². The molecular weight excluding hydrogens is 208 g/mol. The Morgan fingerprint density at radius 1 is 1.29 bits per heavy atom. The number of ether oxygens (including phenoxy) is 1. The van der Waals surface area contributed by atoms with E-state index in [0.29, 0.717) is 0 Å². The van der Waals surface area contributed by atoms with Gasteiger partial charge in [-0.05, 0) is 33.4 Å². The van der Waals surface area contributed by atoms with E-state index in [-0.39, 0.29) is 5.79 Å². The molecule has 0 aromatic rings. The van der Waals surface area contributed by atoms with Crippen molar-refractivity contribution in [2.45, 2.75) is 58.3 Å². The Kier molecular flexibility index (Phi) is 3.32. The molecule has 1 rings (SSSR count). The van der Waals surface area contributed by atoms with Crippen LogP contribution in [0.2, 0.25) is 32.2 Å². The standard InChI is InChI=1S/C10H24O2Si2/c1-7-11-10(2)8-9-13(3,4)14(5,6)12-10/h7-9H2,1-6H3. The molecule has 1 heterocycles. The Labute approximate surface area is 89.9 Å². The van der Waals surface area contributed by atoms with E-state index in [1.54, 1.807) is 0 Å². The Balaban J connectivity index is 2.76. The molecule has 0 N–H and O–H groups in total. The zero-order valence-corrected chi connectivity index (χ0v) is 12.4. The van der Waals surface area contributed by atoms with Gasteiger partial charge in [-0.3, -0.25) is 0 Å². The lowest BCUT2D eigenvalue weighted by Gasteiger charge is -2.50. The van der Waals surface area contributed by atoms with Crippen LogP contribution in [0.15, 0.2) is 0 Å². The van der Waals surface area contributed by atoms with Gasteiger partial charge in [0.1, 0.15) is 0 Å². The summed E-state index contributed by atoms with van der Waals surface area (Å²) in [5.41, 5.74) is 0. The quantitative estimate of drug-likeness (QED) is 0.681. The van der Waals surface area contributed by atoms with E-state index < -0.39 is 15.4 Å². The third-order valence-corrected chi connectivity index (χ3v) is 20.3. The van der Waals surface area contributed by atoms with Crippen LogP contribution in [0, 0.1) is 0 Å². The molecule has 0 aliphatic carbocycles. The summed E-state index contributed by atoms with van der Waals surface area (Å²) in [4.78, 5) is 0. The van der Waals surface area contributed by atoms with E-state index in [2.05, 4.69) is 33.1 Å². The smallest absolute Gasteiger partial charge is 0.177 e. The molecule has 0 aromatic heterocycles. The molecule has 1 aliphatic rings. The van der Waals surface area contributed by atoms with Crippen molar-refractivity contribution in [2.24, 2.45) is 0 Å². The van der Waals surface area contributed by atoms with Gasteiger partial charge in [-0.1, -0.05) is 19.1 Å². The Hall–Kier alpha value is 0.354. The van der Waals surface area contributed by atoms with Gasteiger partial charge in [0.05, 0.1) is 7.59 Å². The number of rotatable bonds is 2. The van der Waals surface area contributed by atoms with Gasteiger partial charge in [-0.2, -0.15) is 0 Å². The minimum atomic E-state index is -1.48. The zero-order chi connectivity index (χ0) is 11.0. The molecular formula is C10H24O2Si2. The highest BCUT2D eigenvalue weighted by molar-refractivity contribution is 7.38. The van der Waals surface area contributed by atoms with E-state index in [1.807, 2.05) is 6.92 Å². The molecule has 4 heteroatoms. The summed E-state index contributed by atoms with van der Waals surface area (Å²) in [6, 6.07) is 1.35. The van der Waals surface area contributed by atoms with Gasteiger partial charge < -0.3 is 9.16 Å². The molecule has 1 atom stereocenters. The van der Waals surface area contributed by atoms with Gasteiger partial charge in [0.15, 0.2) is 13.6 Å². The van der Waals surface area contributed by atoms with Crippen molar-refractivity contribution >= 4 is 15.4 Å². The molecule has 84 valence electrons. The second-order valence-corrected chi connectivity index (χ2v) is 20.7. The maximum Gasteiger partial charge on any atom is 0.177 e. The van der Waals surface area contributed by atoms with Crippen LogP contribution in [0.25, 0.3) is 0 Å². The number of hydrogen-bond donors (Lipinski definition) is 0. The van der Waals surface area contributed by atoms with Crippen molar-refractivity contribution in [3.63, 3.8) is 0 Å². The molecule has 2 nitrogen and oxygen atoms in total. The minimum absolute atomic E-state index is 0.285. The first-order chi connectivity index (χ1) is 6.22. The predicted molar refractivity (Wildman–Crippen MR) is 65.5 cm³/mol. The average molecular weight is 232 g/mol. The van der Waals surface area contributed by atoms with E-state index in [1.165, 1.54) is 6.04 Å². The van der Waals surface area contributed by atoms with E-state index in [9.17, 15) is 0 Å². The molecule has 1 aliphatic heterocycles. The van der Waals surface area contributed by atoms with Gasteiger partial charge in [0.2, 0.25) is 0 Å². The third kappa shape index (κ3) is 2.29. The first-order valence-electron chi connectivity index (χ1n) is 5.57. The third-order valence-electron chi connectivity index (χ3n) is 3.75. The normalized spacial score (nSPS) is 35.6. The molecule has 0 amide bonds. The van der Waals surface area contributed by atoms with Crippen LogP contribution in [-0.2, 0) is 9.16 Å². The monoisotopic (exact) mass is 232 g/mol. The highest BCUT2D eigenvalue weighted by atomic mass is 29.3. The maximum absolute atomic E-state index is 6.30. The fourth-order valence-corrected chi connectivity index (χ4v) is 8.83. The van der Waals surface area contributed by atoms with Gasteiger partial charge in [0, 0.05) is 6.61 Å². The van der Waals surface area contributed by atoms with Crippen LogP contribution in [0.4, 0.5) is 0 Å². The van der Waals surface area contributed by atoms with E-state index in [4.69, 9.17) is 9.16 Å². The van der Waals surface area contributed by atoms with E-state index >= 15 is 0 Å². The van der Waals surface area contributed by atoms with Crippen molar-refractivity contribution in [1.82, 2.24) is 0 Å². The van der Waals surface area contributed by atoms with Crippen LogP contribution in [0.1, 0.15) is 20.3 Å². The summed E-state index contributed by atoms with van der Waals surface area (Å²) < 4.78 is 12.0. The predicted octanol–water partition coefficient (Wildman–Crippen LogP) is 3.15. The van der Waals surface area contributed by atoms with Crippen LogP contribution in [-0.4, -0.2) is 27.8 Å². The largest absolute Gasteiger partial charge is 0.393 e. The Bertz CT molecular complexity index is 216. The Morgan fingerprint density at radius 2 is 1.86 bits per heavy atom. The van der Waals surface area contributed by atoms with Crippen LogP contribution in [0.3, 0.4) is 0 Å². The summed E-state index contributed by atoms with van der Waals surface area (Å²) in [7, 11) is -2.58. The Morgan fingerprint density at radius 3 is 2.29 bits per heavy atom. The molecule has 0 saturated carbocycles. The fourth-order valence-electron chi connectivity index (χ4n) is 1.98. The van der Waals surface area contributed by atoms with Crippen molar-refractivity contribution in [3.05, 3.63) is 0 Å². The molecule has 1 saturated heterocycles. The molecule has 14 heavy (non-hydrogen) atoms. The molecule has 0 radical (unpaired) electrons. The number of hydrogen-bond acceptors (Lipinski definition) is 2. The summed E-state index contributed by atoms with van der Waals surface area (Å²) in [6.45, 7) is 14.5. The molecule has 1 fully saturated rings. The first kappa shape index (κ1) is 12.4. The van der Waals surface area contributed by atoms with Crippen LogP contribution in [0.5, 0.6) is 0 Å². The SMILES string of the molecule is CCOC1(C)CC[Si](C)(C)[Si](C)(C)O1. The maximum atomic E-state index is 6.30. The van der Waals surface area contributed by atoms with Crippen molar-refractivity contribution in [1.29, 1.82) is 0 Å². The molecule has 0 aromatic carbocycles. The lowest BCUT2D eigenvalue weighted by Crippen LogP contribution is -2.65. The summed E-state index contributed by atoms with van der Waals surface area (Å²) in [5.74, 6) is -0.285. The average Bonchev–Trinajstić information content (AvgIpc) is 1.98. The highest BCUT2D eigenvalue weighted by Crippen LogP contribution is 2.39. The summed E-state index contributed by atoms with van der Waals surface area (Å²) in [5, 5.41) is 0. The highest BCUT2D eigenvalue weighted by Gasteiger charge is 2.51. The molecule has 0 bridgehead atoms. The van der Waals surface area contributed by atoms with Gasteiger partial charge >= 0.3 is 0 Å². The van der Waals surface area contributed by atoms with Crippen molar-refractivity contribution < 1.29 is 9.16 Å². The first-order valence-corrected chi connectivity index (χ1v) is 12.7. The van der Waals surface area contributed by atoms with Crippen LogP contribution >= 0.6 is 0 Å². The fraction of sp³-hybridized carbons (Fsp3) is 1.00. The van der Waals surface area contributed by atoms with Gasteiger partial charge in [-0.25, -0.2) is 0 Å². The second-order valence-electron chi connectivity index (χ2n) is 5.56. The van der Waals surface area contributed by atoms with Crippen molar-refractivity contribution in [2.75, 3.05) is 6.61 Å². The van der Waals surface area contributed by atoms with Crippen LogP contribution < -0.4 is 0 Å². The molecule has 0 spiro atoms.